The summed E-state index contributed by atoms with van der Waals surface area (Å²) in [5.41, 5.74) is -1.14. The maximum Gasteiger partial charge on any atom is 0.573 e. The Balaban J connectivity index is 2.05. The first-order valence-corrected chi connectivity index (χ1v) is 9.54. The molecule has 0 radical (unpaired) electrons. The molecule has 0 bridgehead atoms. The van der Waals surface area contributed by atoms with E-state index in [1.807, 2.05) is 20.8 Å². The average Bonchev–Trinajstić information content (AvgIpc) is 2.66. The molecule has 164 valence electrons. The highest BCUT2D eigenvalue weighted by Gasteiger charge is 2.45. The Labute approximate surface area is 181 Å². The van der Waals surface area contributed by atoms with Crippen molar-refractivity contribution >= 4 is 11.6 Å². The molecule has 31 heavy (non-hydrogen) atoms. The summed E-state index contributed by atoms with van der Waals surface area (Å²) in [4.78, 5) is 7.95. The Hall–Kier alpha value is -2.71. The second kappa shape index (κ2) is 8.09. The van der Waals surface area contributed by atoms with Crippen molar-refractivity contribution in [3.63, 3.8) is 0 Å². The van der Waals surface area contributed by atoms with Crippen LogP contribution in [0.5, 0.6) is 5.75 Å². The molecule has 0 spiro atoms. The zero-order valence-electron chi connectivity index (χ0n) is 16.8. The van der Waals surface area contributed by atoms with Gasteiger partial charge in [0.1, 0.15) is 23.5 Å². The second-order valence-corrected chi connectivity index (χ2v) is 8.38. The van der Waals surface area contributed by atoms with Gasteiger partial charge >= 0.3 is 6.36 Å². The van der Waals surface area contributed by atoms with E-state index in [0.29, 0.717) is 22.8 Å². The normalized spacial score (nSPS) is 14.2. The Morgan fingerprint density at radius 1 is 0.968 bits per heavy atom. The van der Waals surface area contributed by atoms with Crippen molar-refractivity contribution in [2.45, 2.75) is 32.7 Å². The minimum atomic E-state index is -4.92. The van der Waals surface area contributed by atoms with Crippen LogP contribution in [0, 0.1) is 11.2 Å². The summed E-state index contributed by atoms with van der Waals surface area (Å²) >= 11 is 6.49. The van der Waals surface area contributed by atoms with E-state index in [1.54, 1.807) is 6.07 Å². The number of aliphatic hydroxyl groups is 1. The van der Waals surface area contributed by atoms with E-state index in [4.69, 9.17) is 11.6 Å². The van der Waals surface area contributed by atoms with Crippen molar-refractivity contribution < 1.29 is 27.4 Å². The molecule has 0 fully saturated rings. The standard InChI is InChI=1S/C22H19ClF4N2O2/c1-20(2,3)21(30,14-10-28-12-29-11-14)17-7-4-13(8-18(17)23)16-6-5-15(9-19(16)24)31-22(25,26)27/h4-12,30H,1-3H3. The summed E-state index contributed by atoms with van der Waals surface area (Å²) in [6, 6.07) is 7.36. The molecule has 0 aliphatic rings. The fourth-order valence-electron chi connectivity index (χ4n) is 3.38. The van der Waals surface area contributed by atoms with Gasteiger partial charge < -0.3 is 9.84 Å². The van der Waals surface area contributed by atoms with Gasteiger partial charge in [-0.25, -0.2) is 14.4 Å². The van der Waals surface area contributed by atoms with Crippen molar-refractivity contribution in [1.82, 2.24) is 9.97 Å². The number of ether oxygens (including phenoxy) is 1. The monoisotopic (exact) mass is 454 g/mol. The fraction of sp³-hybridized carbons (Fsp3) is 0.273. The van der Waals surface area contributed by atoms with Gasteiger partial charge in [0.25, 0.3) is 0 Å². The topological polar surface area (TPSA) is 55.2 Å². The number of alkyl halides is 3. The molecule has 3 aromatic rings. The zero-order valence-corrected chi connectivity index (χ0v) is 17.6. The molecule has 0 amide bonds. The number of hydrogen-bond donors (Lipinski definition) is 1. The third kappa shape index (κ3) is 4.65. The number of nitrogens with zero attached hydrogens (tertiary/aromatic N) is 2. The third-order valence-corrected chi connectivity index (χ3v) is 5.22. The van der Waals surface area contributed by atoms with Crippen molar-refractivity contribution in [3.8, 4) is 16.9 Å². The molecular formula is C22H19ClF4N2O2. The fourth-order valence-corrected chi connectivity index (χ4v) is 3.70. The largest absolute Gasteiger partial charge is 0.573 e. The predicted molar refractivity (Wildman–Crippen MR) is 108 cm³/mol. The van der Waals surface area contributed by atoms with Crippen LogP contribution in [0.3, 0.4) is 0 Å². The van der Waals surface area contributed by atoms with Crippen molar-refractivity contribution in [3.05, 3.63) is 77.1 Å². The summed E-state index contributed by atoms with van der Waals surface area (Å²) in [5, 5.41) is 11.8. The minimum Gasteiger partial charge on any atom is -0.406 e. The zero-order chi connectivity index (χ0) is 23.0. The van der Waals surface area contributed by atoms with Crippen molar-refractivity contribution in [2.24, 2.45) is 5.41 Å². The van der Waals surface area contributed by atoms with E-state index >= 15 is 0 Å². The third-order valence-electron chi connectivity index (χ3n) is 4.91. The van der Waals surface area contributed by atoms with Gasteiger partial charge in [-0.1, -0.05) is 44.5 Å². The molecule has 1 aromatic heterocycles. The Morgan fingerprint density at radius 3 is 2.13 bits per heavy atom. The van der Waals surface area contributed by atoms with Crippen LogP contribution in [0.1, 0.15) is 31.9 Å². The molecule has 4 nitrogen and oxygen atoms in total. The van der Waals surface area contributed by atoms with Gasteiger partial charge in [0.2, 0.25) is 0 Å². The van der Waals surface area contributed by atoms with E-state index in [2.05, 4.69) is 14.7 Å². The van der Waals surface area contributed by atoms with Crippen LogP contribution >= 0.6 is 11.6 Å². The van der Waals surface area contributed by atoms with Crippen LogP contribution in [0.15, 0.2) is 55.1 Å². The molecule has 1 N–H and O–H groups in total. The number of rotatable bonds is 4. The van der Waals surface area contributed by atoms with Gasteiger partial charge in [-0.3, -0.25) is 0 Å². The predicted octanol–water partition coefficient (Wildman–Crippen LogP) is 6.12. The lowest BCUT2D eigenvalue weighted by molar-refractivity contribution is -0.274. The van der Waals surface area contributed by atoms with E-state index < -0.39 is 28.9 Å². The van der Waals surface area contributed by atoms with Crippen LogP contribution in [0.4, 0.5) is 17.6 Å². The molecule has 3 rings (SSSR count). The van der Waals surface area contributed by atoms with E-state index in [0.717, 1.165) is 6.07 Å². The summed E-state index contributed by atoms with van der Waals surface area (Å²) < 4.78 is 55.3. The Kier molecular flexibility index (Phi) is 5.99. The van der Waals surface area contributed by atoms with Gasteiger partial charge in [0.15, 0.2) is 0 Å². The molecule has 0 aliphatic heterocycles. The van der Waals surface area contributed by atoms with Gasteiger partial charge in [0.05, 0.1) is 0 Å². The van der Waals surface area contributed by atoms with E-state index in [-0.39, 0.29) is 10.6 Å². The first kappa shape index (κ1) is 23.0. The minimum absolute atomic E-state index is 0.0327. The lowest BCUT2D eigenvalue weighted by Crippen LogP contribution is -2.41. The van der Waals surface area contributed by atoms with E-state index in [1.165, 1.54) is 36.9 Å². The molecule has 1 unspecified atom stereocenters. The highest BCUT2D eigenvalue weighted by Crippen LogP contribution is 2.47. The highest BCUT2D eigenvalue weighted by molar-refractivity contribution is 6.31. The average molecular weight is 455 g/mol. The first-order chi connectivity index (χ1) is 14.3. The van der Waals surface area contributed by atoms with Crippen LogP contribution in [0.25, 0.3) is 11.1 Å². The molecule has 1 heterocycles. The molecule has 0 saturated carbocycles. The lowest BCUT2D eigenvalue weighted by Gasteiger charge is -2.41. The molecule has 1 atom stereocenters. The Bertz CT molecular complexity index is 1090. The molecule has 2 aromatic carbocycles. The van der Waals surface area contributed by atoms with Crippen LogP contribution in [-0.2, 0) is 5.60 Å². The first-order valence-electron chi connectivity index (χ1n) is 9.16. The molecule has 0 aliphatic carbocycles. The SMILES string of the molecule is CC(C)(C)C(O)(c1cncnc1)c1ccc(-c2ccc(OC(F)(F)F)cc2F)cc1Cl. The van der Waals surface area contributed by atoms with Crippen molar-refractivity contribution in [1.29, 1.82) is 0 Å². The summed E-state index contributed by atoms with van der Waals surface area (Å²) in [5.74, 6) is -1.57. The summed E-state index contributed by atoms with van der Waals surface area (Å²) in [6.45, 7) is 5.47. The smallest absolute Gasteiger partial charge is 0.406 e. The van der Waals surface area contributed by atoms with E-state index in [9.17, 15) is 22.7 Å². The Morgan fingerprint density at radius 2 is 1.61 bits per heavy atom. The molecule has 9 heteroatoms. The van der Waals surface area contributed by atoms with Crippen LogP contribution in [0.2, 0.25) is 5.02 Å². The van der Waals surface area contributed by atoms with Gasteiger partial charge in [-0.05, 0) is 29.2 Å². The number of benzene rings is 2. The van der Waals surface area contributed by atoms with Gasteiger partial charge in [-0.15, -0.1) is 13.2 Å². The maximum atomic E-state index is 14.5. The van der Waals surface area contributed by atoms with Crippen molar-refractivity contribution in [2.75, 3.05) is 0 Å². The quantitative estimate of drug-likeness (QED) is 0.483. The maximum absolute atomic E-state index is 14.5. The van der Waals surface area contributed by atoms with Gasteiger partial charge in [0, 0.05) is 40.2 Å². The number of hydrogen-bond acceptors (Lipinski definition) is 4. The highest BCUT2D eigenvalue weighted by atomic mass is 35.5. The van der Waals surface area contributed by atoms with Crippen LogP contribution in [-0.4, -0.2) is 21.4 Å². The lowest BCUT2D eigenvalue weighted by atomic mass is 9.69. The number of halogens is 5. The summed E-state index contributed by atoms with van der Waals surface area (Å²) in [6.07, 6.45) is -0.604. The van der Waals surface area contributed by atoms with Crippen LogP contribution < -0.4 is 4.74 Å². The number of aromatic nitrogens is 2. The molecular weight excluding hydrogens is 436 g/mol. The summed E-state index contributed by atoms with van der Waals surface area (Å²) in [7, 11) is 0. The van der Waals surface area contributed by atoms with Gasteiger partial charge in [-0.2, -0.15) is 0 Å². The second-order valence-electron chi connectivity index (χ2n) is 7.97. The molecule has 0 saturated heterocycles.